The van der Waals surface area contributed by atoms with Gasteiger partial charge in [0.15, 0.2) is 0 Å². The van der Waals surface area contributed by atoms with Crippen molar-refractivity contribution in [2.24, 2.45) is 5.73 Å². The summed E-state index contributed by atoms with van der Waals surface area (Å²) in [5.74, 6) is -6.12. The van der Waals surface area contributed by atoms with E-state index in [4.69, 9.17) is 10.8 Å². The van der Waals surface area contributed by atoms with Gasteiger partial charge in [-0.25, -0.2) is 17.6 Å². The first-order valence-corrected chi connectivity index (χ1v) is 8.09. The first kappa shape index (κ1) is 19.9. The molecular weight excluding hydrogens is 352 g/mol. The Hall–Kier alpha value is -2.18. The summed E-state index contributed by atoms with van der Waals surface area (Å²) in [4.78, 5) is 19.9. The molecule has 1 rings (SSSR count). The minimum Gasteiger partial charge on any atom is -0.478 e. The molecule has 0 radical (unpaired) electrons. The van der Waals surface area contributed by atoms with Gasteiger partial charge in [-0.15, -0.1) is 4.48 Å². The number of non-ortho nitro benzene ring substituents is 1. The van der Waals surface area contributed by atoms with E-state index in [1.165, 1.54) is 0 Å². The largest absolute Gasteiger partial charge is 0.478 e. The Balaban J connectivity index is 3.17. The molecule has 0 aliphatic carbocycles. The minimum absolute atomic E-state index is 0.0943. The maximum atomic E-state index is 14.4. The molecule has 0 saturated heterocycles. The lowest BCUT2D eigenvalue weighted by molar-refractivity contribution is -0.384. The molecule has 0 fully saturated rings. The molecule has 0 aliphatic heterocycles. The Bertz CT molecular complexity index is 712. The monoisotopic (exact) mass is 367 g/mol. The van der Waals surface area contributed by atoms with E-state index in [9.17, 15) is 32.2 Å². The third-order valence-electron chi connectivity index (χ3n) is 3.12. The van der Waals surface area contributed by atoms with Gasteiger partial charge in [-0.05, 0) is 31.5 Å². The van der Waals surface area contributed by atoms with Crippen molar-refractivity contribution in [3.05, 3.63) is 34.4 Å². The number of unbranched alkanes of at least 4 members (excludes halogenated alkanes) is 1. The number of alkyl halides is 1. The first-order valence-electron chi connectivity index (χ1n) is 6.65. The van der Waals surface area contributed by atoms with Crippen LogP contribution < -0.4 is 5.73 Å². The number of carboxylic acids is 1. The molecule has 12 heteroatoms. The minimum atomic E-state index is -5.16. The van der Waals surface area contributed by atoms with Gasteiger partial charge in [0.1, 0.15) is 0 Å². The van der Waals surface area contributed by atoms with Crippen LogP contribution in [0.2, 0.25) is 0 Å². The molecule has 0 aliphatic rings. The third-order valence-corrected chi connectivity index (χ3v) is 4.70. The second-order valence-corrected chi connectivity index (χ2v) is 6.52. The number of carboxylic acid groups (broad SMARTS) is 1. The van der Waals surface area contributed by atoms with Crippen LogP contribution in [0.3, 0.4) is 0 Å². The van der Waals surface area contributed by atoms with Crippen LogP contribution in [0, 0.1) is 10.1 Å². The third kappa shape index (κ3) is 4.01. The van der Waals surface area contributed by atoms with Gasteiger partial charge in [0.05, 0.1) is 9.82 Å². The number of benzene rings is 1. The number of hydrogen-bond acceptors (Lipinski definition) is 6. The summed E-state index contributed by atoms with van der Waals surface area (Å²) in [6.07, 6.45) is -0.928. The standard InChI is InChI=1S/C12H15F2N3O6S/c13-12(11(18)19,7-1-2-8-15)17(14)24(22,23)10-5-3-9(4-6-10)16(20)21/h3-6H,1-2,7-8,15H2,(H,18,19)/t12-/m0/s1. The average molecular weight is 367 g/mol. The number of nitrogens with zero attached hydrogens (tertiary/aromatic N) is 2. The molecule has 24 heavy (non-hydrogen) atoms. The first-order chi connectivity index (χ1) is 11.1. The summed E-state index contributed by atoms with van der Waals surface area (Å²) < 4.78 is 51.3. The van der Waals surface area contributed by atoms with Crippen LogP contribution in [0.25, 0.3) is 0 Å². The van der Waals surface area contributed by atoms with E-state index in [-0.39, 0.29) is 19.4 Å². The Labute approximate surface area is 135 Å². The van der Waals surface area contributed by atoms with Gasteiger partial charge in [-0.1, -0.05) is 0 Å². The van der Waals surface area contributed by atoms with E-state index in [1.807, 2.05) is 0 Å². The number of halogens is 2. The molecule has 9 nitrogen and oxygen atoms in total. The smallest absolute Gasteiger partial charge is 0.360 e. The van der Waals surface area contributed by atoms with Crippen molar-refractivity contribution < 1.29 is 32.1 Å². The van der Waals surface area contributed by atoms with Gasteiger partial charge in [0, 0.05) is 23.1 Å². The topological polar surface area (TPSA) is 144 Å². The molecule has 0 unspecified atom stereocenters. The molecule has 3 N–H and O–H groups in total. The normalized spacial score (nSPS) is 14.3. The van der Waals surface area contributed by atoms with Crippen LogP contribution in [0.15, 0.2) is 29.2 Å². The molecular formula is C12H15F2N3O6S. The van der Waals surface area contributed by atoms with Crippen LogP contribution in [0.1, 0.15) is 19.3 Å². The predicted octanol–water partition coefficient (Wildman–Crippen LogP) is 1.35. The summed E-state index contributed by atoms with van der Waals surface area (Å²) in [6.45, 7) is 0.0943. The van der Waals surface area contributed by atoms with E-state index in [0.717, 1.165) is 12.1 Å². The highest BCUT2D eigenvalue weighted by Crippen LogP contribution is 2.32. The summed E-state index contributed by atoms with van der Waals surface area (Å²) in [7, 11) is -5.16. The molecule has 0 heterocycles. The Morgan fingerprint density at radius 3 is 2.29 bits per heavy atom. The molecule has 0 bridgehead atoms. The average Bonchev–Trinajstić information content (AvgIpc) is 2.54. The summed E-state index contributed by atoms with van der Waals surface area (Å²) in [5, 5.41) is 19.4. The van der Waals surface area contributed by atoms with E-state index in [0.29, 0.717) is 12.1 Å². The molecule has 0 spiro atoms. The molecule has 0 amide bonds. The summed E-state index contributed by atoms with van der Waals surface area (Å²) >= 11 is 0. The van der Waals surface area contributed by atoms with Gasteiger partial charge >= 0.3 is 11.8 Å². The van der Waals surface area contributed by atoms with Crippen molar-refractivity contribution in [3.8, 4) is 0 Å². The van der Waals surface area contributed by atoms with Crippen LogP contribution in [0.4, 0.5) is 14.6 Å². The molecule has 134 valence electrons. The number of nitro benzene ring substituents is 1. The van der Waals surface area contributed by atoms with Crippen molar-refractivity contribution in [1.82, 2.24) is 4.53 Å². The Morgan fingerprint density at radius 1 is 1.33 bits per heavy atom. The number of sulfonamides is 1. The fraction of sp³-hybridized carbons (Fsp3) is 0.417. The zero-order chi connectivity index (χ0) is 18.5. The van der Waals surface area contributed by atoms with E-state index in [2.05, 4.69) is 0 Å². The van der Waals surface area contributed by atoms with Gasteiger partial charge < -0.3 is 10.8 Å². The highest BCUT2D eigenvalue weighted by Gasteiger charge is 2.52. The maximum Gasteiger partial charge on any atom is 0.360 e. The Morgan fingerprint density at radius 2 is 1.88 bits per heavy atom. The summed E-state index contributed by atoms with van der Waals surface area (Å²) in [6, 6.07) is 2.91. The quantitative estimate of drug-likeness (QED) is 0.220. The predicted molar refractivity (Wildman–Crippen MR) is 77.6 cm³/mol. The second kappa shape index (κ2) is 7.59. The molecule has 0 saturated carbocycles. The lowest BCUT2D eigenvalue weighted by atomic mass is 10.1. The van der Waals surface area contributed by atoms with Gasteiger partial charge in [-0.2, -0.15) is 0 Å². The lowest BCUT2D eigenvalue weighted by Crippen LogP contribution is -2.49. The van der Waals surface area contributed by atoms with Crippen LogP contribution in [-0.4, -0.2) is 41.3 Å². The van der Waals surface area contributed by atoms with E-state index < -0.39 is 48.2 Å². The molecule has 1 aromatic carbocycles. The fourth-order valence-corrected chi connectivity index (χ4v) is 3.01. The lowest BCUT2D eigenvalue weighted by Gasteiger charge is -2.26. The zero-order valence-corrected chi connectivity index (χ0v) is 13.1. The van der Waals surface area contributed by atoms with Crippen LogP contribution in [0.5, 0.6) is 0 Å². The second-order valence-electron chi connectivity index (χ2n) is 4.78. The maximum absolute atomic E-state index is 14.4. The van der Waals surface area contributed by atoms with Crippen molar-refractivity contribution in [3.63, 3.8) is 0 Å². The Kier molecular flexibility index (Phi) is 6.29. The zero-order valence-electron chi connectivity index (χ0n) is 12.3. The molecule has 1 atom stereocenters. The number of hydrogen-bond donors (Lipinski definition) is 2. The number of nitro groups is 1. The molecule has 1 aromatic rings. The van der Waals surface area contributed by atoms with Crippen LogP contribution in [-0.2, 0) is 14.8 Å². The van der Waals surface area contributed by atoms with Crippen LogP contribution >= 0.6 is 0 Å². The number of rotatable bonds is 9. The SMILES string of the molecule is NCCCC[C@@](F)(C(=O)O)N(F)S(=O)(=O)c1ccc([N+](=O)[O-])cc1. The van der Waals surface area contributed by atoms with Gasteiger partial charge in [0.25, 0.3) is 15.7 Å². The van der Waals surface area contributed by atoms with E-state index >= 15 is 0 Å². The molecule has 0 aromatic heterocycles. The van der Waals surface area contributed by atoms with Gasteiger partial charge in [0.2, 0.25) is 0 Å². The summed E-state index contributed by atoms with van der Waals surface area (Å²) in [5.41, 5.74) is 4.71. The van der Waals surface area contributed by atoms with Crippen molar-refractivity contribution in [1.29, 1.82) is 0 Å². The highest BCUT2D eigenvalue weighted by molar-refractivity contribution is 7.89. The number of carbonyl (C=O) groups is 1. The number of nitrogens with two attached hydrogens (primary N) is 1. The fourth-order valence-electron chi connectivity index (χ4n) is 1.80. The number of aliphatic carboxylic acids is 1. The highest BCUT2D eigenvalue weighted by atomic mass is 32.2. The van der Waals surface area contributed by atoms with Crippen molar-refractivity contribution in [2.75, 3.05) is 6.54 Å². The van der Waals surface area contributed by atoms with Gasteiger partial charge in [-0.3, -0.25) is 10.1 Å². The van der Waals surface area contributed by atoms with E-state index in [1.54, 1.807) is 0 Å². The van der Waals surface area contributed by atoms with Crippen molar-refractivity contribution >= 4 is 21.7 Å². The van der Waals surface area contributed by atoms with Crippen molar-refractivity contribution in [2.45, 2.75) is 30.0 Å².